The van der Waals surface area contributed by atoms with Gasteiger partial charge in [0.15, 0.2) is 5.82 Å². The second-order valence-electron chi connectivity index (χ2n) is 3.85. The van der Waals surface area contributed by atoms with Gasteiger partial charge in [0.2, 0.25) is 0 Å². The zero-order valence-electron chi connectivity index (χ0n) is 10.3. The molecule has 0 fully saturated rings. The van der Waals surface area contributed by atoms with Gasteiger partial charge in [-0.1, -0.05) is 0 Å². The summed E-state index contributed by atoms with van der Waals surface area (Å²) in [5.41, 5.74) is 0.157. The van der Waals surface area contributed by atoms with Gasteiger partial charge in [-0.3, -0.25) is 0 Å². The first kappa shape index (κ1) is 13.4. The fourth-order valence-electron chi connectivity index (χ4n) is 1.50. The molecule has 1 N–H and O–H groups in total. The Bertz CT molecular complexity index is 382. The third-order valence-electron chi connectivity index (χ3n) is 2.36. The number of anilines is 1. The minimum absolute atomic E-state index is 0.125. The van der Waals surface area contributed by atoms with Crippen LogP contribution in [0.4, 0.5) is 5.82 Å². The molecule has 0 unspecified atom stereocenters. The van der Waals surface area contributed by atoms with Crippen molar-refractivity contribution in [3.63, 3.8) is 0 Å². The summed E-state index contributed by atoms with van der Waals surface area (Å²) in [6, 6.07) is 1.58. The van der Waals surface area contributed by atoms with Crippen LogP contribution in [-0.2, 0) is 4.74 Å². The molecule has 0 aliphatic heterocycles. The van der Waals surface area contributed by atoms with Crippen LogP contribution in [-0.4, -0.2) is 47.6 Å². The number of nitrogens with zero attached hydrogens (tertiary/aromatic N) is 3. The van der Waals surface area contributed by atoms with E-state index in [2.05, 4.69) is 10.2 Å². The molecule has 0 amide bonds. The molecule has 17 heavy (non-hydrogen) atoms. The van der Waals surface area contributed by atoms with E-state index >= 15 is 0 Å². The fourth-order valence-corrected chi connectivity index (χ4v) is 1.50. The molecule has 0 radical (unpaired) electrons. The van der Waals surface area contributed by atoms with Gasteiger partial charge < -0.3 is 14.7 Å². The van der Waals surface area contributed by atoms with Crippen LogP contribution in [0.15, 0.2) is 12.3 Å². The van der Waals surface area contributed by atoms with E-state index in [0.717, 1.165) is 0 Å². The quantitative estimate of drug-likeness (QED) is 0.799. The van der Waals surface area contributed by atoms with Gasteiger partial charge >= 0.3 is 5.97 Å². The lowest BCUT2D eigenvalue weighted by molar-refractivity contribution is 0.0696. The summed E-state index contributed by atoms with van der Waals surface area (Å²) in [7, 11) is 1.60. The molecule has 1 aromatic heterocycles. The number of carbonyl (C=O) groups is 1. The third kappa shape index (κ3) is 3.39. The number of aromatic nitrogens is 2. The van der Waals surface area contributed by atoms with Crippen molar-refractivity contribution >= 4 is 11.8 Å². The van der Waals surface area contributed by atoms with Crippen molar-refractivity contribution in [3.05, 3.63) is 17.8 Å². The van der Waals surface area contributed by atoms with Gasteiger partial charge in [-0.2, -0.15) is 5.10 Å². The molecule has 6 heteroatoms. The topological polar surface area (TPSA) is 75.5 Å². The first-order chi connectivity index (χ1) is 8.07. The van der Waals surface area contributed by atoms with Crippen molar-refractivity contribution in [3.8, 4) is 0 Å². The number of carboxylic acids is 1. The number of hydrogen-bond acceptors (Lipinski definition) is 5. The Kier molecular flexibility index (Phi) is 4.84. The normalized spacial score (nSPS) is 10.6. The van der Waals surface area contributed by atoms with Crippen LogP contribution in [0.25, 0.3) is 0 Å². The number of hydrogen-bond donors (Lipinski definition) is 1. The second kappa shape index (κ2) is 6.15. The van der Waals surface area contributed by atoms with Gasteiger partial charge in [-0.25, -0.2) is 4.79 Å². The summed E-state index contributed by atoms with van der Waals surface area (Å²) in [5, 5.41) is 16.8. The standard InChI is InChI=1S/C11H17N3O3/c1-8(2)14(6-7-17-3)10-9(11(15)16)4-5-12-13-10/h4-5,8H,6-7H2,1-3H3,(H,15,16). The van der Waals surface area contributed by atoms with Crippen LogP contribution < -0.4 is 4.90 Å². The molecule has 1 rings (SSSR count). The summed E-state index contributed by atoms with van der Waals surface area (Å²) < 4.78 is 5.01. The summed E-state index contributed by atoms with van der Waals surface area (Å²) in [5.74, 6) is -0.620. The van der Waals surface area contributed by atoms with Crippen LogP contribution in [0.1, 0.15) is 24.2 Å². The third-order valence-corrected chi connectivity index (χ3v) is 2.36. The highest BCUT2D eigenvalue weighted by Crippen LogP contribution is 2.18. The smallest absolute Gasteiger partial charge is 0.339 e. The average molecular weight is 239 g/mol. The number of ether oxygens (including phenoxy) is 1. The molecular weight excluding hydrogens is 222 g/mol. The molecule has 0 aliphatic rings. The molecule has 0 saturated carbocycles. The van der Waals surface area contributed by atoms with Crippen LogP contribution in [0.2, 0.25) is 0 Å². The molecule has 1 heterocycles. The van der Waals surface area contributed by atoms with E-state index < -0.39 is 5.97 Å². The molecule has 0 aliphatic carbocycles. The lowest BCUT2D eigenvalue weighted by Crippen LogP contribution is -2.36. The van der Waals surface area contributed by atoms with Gasteiger partial charge in [0.25, 0.3) is 0 Å². The van der Waals surface area contributed by atoms with Crippen molar-refractivity contribution in [1.82, 2.24) is 10.2 Å². The summed E-state index contributed by atoms with van der Waals surface area (Å²) in [4.78, 5) is 13.0. The summed E-state index contributed by atoms with van der Waals surface area (Å²) in [6.45, 7) is 5.02. The minimum atomic E-state index is -1.00. The maximum Gasteiger partial charge on any atom is 0.339 e. The highest BCUT2D eigenvalue weighted by Gasteiger charge is 2.19. The van der Waals surface area contributed by atoms with E-state index in [1.165, 1.54) is 12.3 Å². The van der Waals surface area contributed by atoms with Crippen LogP contribution >= 0.6 is 0 Å². The maximum atomic E-state index is 11.1. The Hall–Kier alpha value is -1.69. The predicted octanol–water partition coefficient (Wildman–Crippen LogP) is 1.04. The summed E-state index contributed by atoms with van der Waals surface area (Å²) >= 11 is 0. The van der Waals surface area contributed by atoms with E-state index in [9.17, 15) is 4.79 Å². The predicted molar refractivity (Wildman–Crippen MR) is 63.3 cm³/mol. The minimum Gasteiger partial charge on any atom is -0.478 e. The molecule has 0 aromatic carbocycles. The Morgan fingerprint density at radius 1 is 1.59 bits per heavy atom. The SMILES string of the molecule is COCCN(c1nnccc1C(=O)O)C(C)C. The van der Waals surface area contributed by atoms with E-state index in [0.29, 0.717) is 19.0 Å². The van der Waals surface area contributed by atoms with Crippen LogP contribution in [0.3, 0.4) is 0 Å². The van der Waals surface area contributed by atoms with Gasteiger partial charge in [-0.15, -0.1) is 5.10 Å². The molecule has 1 aromatic rings. The van der Waals surface area contributed by atoms with Crippen molar-refractivity contribution in [2.75, 3.05) is 25.2 Å². The van der Waals surface area contributed by atoms with Crippen molar-refractivity contribution in [1.29, 1.82) is 0 Å². The van der Waals surface area contributed by atoms with E-state index in [-0.39, 0.29) is 11.6 Å². The number of rotatable bonds is 6. The van der Waals surface area contributed by atoms with Gasteiger partial charge in [0.05, 0.1) is 12.8 Å². The van der Waals surface area contributed by atoms with Crippen molar-refractivity contribution in [2.45, 2.75) is 19.9 Å². The Morgan fingerprint density at radius 3 is 2.82 bits per heavy atom. The van der Waals surface area contributed by atoms with E-state index in [4.69, 9.17) is 9.84 Å². The van der Waals surface area contributed by atoms with Crippen LogP contribution in [0, 0.1) is 0 Å². The Morgan fingerprint density at radius 2 is 2.29 bits per heavy atom. The van der Waals surface area contributed by atoms with Gasteiger partial charge in [-0.05, 0) is 19.9 Å². The largest absolute Gasteiger partial charge is 0.478 e. The highest BCUT2D eigenvalue weighted by molar-refractivity contribution is 5.93. The maximum absolute atomic E-state index is 11.1. The van der Waals surface area contributed by atoms with E-state index in [1.54, 1.807) is 7.11 Å². The molecule has 6 nitrogen and oxygen atoms in total. The molecule has 0 saturated heterocycles. The monoisotopic (exact) mass is 239 g/mol. The summed E-state index contributed by atoms with van der Waals surface area (Å²) in [6.07, 6.45) is 1.38. The average Bonchev–Trinajstić information content (AvgIpc) is 2.29. The van der Waals surface area contributed by atoms with E-state index in [1.807, 2.05) is 18.7 Å². The van der Waals surface area contributed by atoms with Crippen molar-refractivity contribution in [2.24, 2.45) is 0 Å². The van der Waals surface area contributed by atoms with Crippen LogP contribution in [0.5, 0.6) is 0 Å². The second-order valence-corrected chi connectivity index (χ2v) is 3.85. The zero-order chi connectivity index (χ0) is 12.8. The molecule has 0 bridgehead atoms. The number of aromatic carboxylic acids is 1. The zero-order valence-corrected chi connectivity index (χ0v) is 10.3. The molecule has 0 atom stereocenters. The molecule has 94 valence electrons. The number of methoxy groups -OCH3 is 1. The molecular formula is C11H17N3O3. The lowest BCUT2D eigenvalue weighted by atomic mass is 10.2. The first-order valence-electron chi connectivity index (χ1n) is 5.38. The lowest BCUT2D eigenvalue weighted by Gasteiger charge is -2.27. The Labute approximate surface area is 100 Å². The Balaban J connectivity index is 3.04. The fraction of sp³-hybridized carbons (Fsp3) is 0.545. The first-order valence-corrected chi connectivity index (χ1v) is 5.38. The highest BCUT2D eigenvalue weighted by atomic mass is 16.5. The van der Waals surface area contributed by atoms with Gasteiger partial charge in [0.1, 0.15) is 5.56 Å². The van der Waals surface area contributed by atoms with Crippen molar-refractivity contribution < 1.29 is 14.6 Å². The van der Waals surface area contributed by atoms with Gasteiger partial charge in [0, 0.05) is 19.7 Å². The molecule has 0 spiro atoms. The number of carboxylic acid groups (broad SMARTS) is 1.